The highest BCUT2D eigenvalue weighted by atomic mass is 15.4. The number of benzene rings is 1. The molecule has 0 N–H and O–H groups in total. The summed E-state index contributed by atoms with van der Waals surface area (Å²) in [6, 6.07) is 12.3. The highest BCUT2D eigenvalue weighted by molar-refractivity contribution is 5.59. The number of aromatic nitrogens is 6. The molecule has 4 aromatic rings. The zero-order valence-corrected chi connectivity index (χ0v) is 15.8. The molecule has 1 aromatic carbocycles. The average molecular weight is 358 g/mol. The van der Waals surface area contributed by atoms with Gasteiger partial charge in [0.05, 0.1) is 29.7 Å². The minimum absolute atomic E-state index is 0.653. The molecule has 6 heteroatoms. The van der Waals surface area contributed by atoms with E-state index in [1.165, 1.54) is 5.56 Å². The molecule has 0 aliphatic heterocycles. The van der Waals surface area contributed by atoms with Crippen LogP contribution in [-0.4, -0.2) is 29.5 Å². The molecule has 0 saturated heterocycles. The Kier molecular flexibility index (Phi) is 4.54. The zero-order chi connectivity index (χ0) is 18.8. The molecule has 136 valence electrons. The van der Waals surface area contributed by atoms with Gasteiger partial charge in [-0.3, -0.25) is 4.98 Å². The number of hydrogen-bond donors (Lipinski definition) is 0. The van der Waals surface area contributed by atoms with Crippen LogP contribution in [-0.2, 0) is 13.0 Å². The second-order valence-electron chi connectivity index (χ2n) is 6.61. The molecule has 6 nitrogen and oxygen atoms in total. The predicted octanol–water partition coefficient (Wildman–Crippen LogP) is 3.75. The molecule has 3 aromatic heterocycles. The van der Waals surface area contributed by atoms with Gasteiger partial charge in [-0.05, 0) is 49.2 Å². The first-order chi connectivity index (χ1) is 13.2. The average Bonchev–Trinajstić information content (AvgIpc) is 3.25. The first-order valence-corrected chi connectivity index (χ1v) is 9.10. The SMILES string of the molecule is CCc1nc(-c2cnn(-c3cccc(C)c3)c2C)n(Cc2ccncc2)n1. The van der Waals surface area contributed by atoms with Crippen molar-refractivity contribution in [2.24, 2.45) is 0 Å². The molecule has 0 bridgehead atoms. The van der Waals surface area contributed by atoms with E-state index in [0.29, 0.717) is 6.54 Å². The molecule has 0 saturated carbocycles. The van der Waals surface area contributed by atoms with Crippen LogP contribution in [0.25, 0.3) is 17.1 Å². The van der Waals surface area contributed by atoms with E-state index in [9.17, 15) is 0 Å². The van der Waals surface area contributed by atoms with Crippen molar-refractivity contribution in [3.05, 3.63) is 77.6 Å². The molecule has 0 aliphatic rings. The van der Waals surface area contributed by atoms with Gasteiger partial charge in [-0.15, -0.1) is 0 Å². The fourth-order valence-corrected chi connectivity index (χ4v) is 3.16. The maximum atomic E-state index is 4.76. The lowest BCUT2D eigenvalue weighted by atomic mass is 10.2. The van der Waals surface area contributed by atoms with Gasteiger partial charge in [-0.2, -0.15) is 10.2 Å². The minimum Gasteiger partial charge on any atom is -0.265 e. The van der Waals surface area contributed by atoms with Gasteiger partial charge < -0.3 is 0 Å². The molecular weight excluding hydrogens is 336 g/mol. The lowest BCUT2D eigenvalue weighted by molar-refractivity contribution is 0.679. The molecule has 27 heavy (non-hydrogen) atoms. The van der Waals surface area contributed by atoms with Crippen molar-refractivity contribution in [3.8, 4) is 17.1 Å². The van der Waals surface area contributed by atoms with Crippen LogP contribution in [0.2, 0.25) is 0 Å². The van der Waals surface area contributed by atoms with Crippen molar-refractivity contribution in [2.45, 2.75) is 33.7 Å². The predicted molar refractivity (Wildman–Crippen MR) is 105 cm³/mol. The summed E-state index contributed by atoms with van der Waals surface area (Å²) >= 11 is 0. The largest absolute Gasteiger partial charge is 0.265 e. The number of hydrogen-bond acceptors (Lipinski definition) is 4. The van der Waals surface area contributed by atoms with Gasteiger partial charge in [0, 0.05) is 18.8 Å². The van der Waals surface area contributed by atoms with Gasteiger partial charge in [-0.25, -0.2) is 14.3 Å². The van der Waals surface area contributed by atoms with E-state index in [2.05, 4.69) is 54.2 Å². The van der Waals surface area contributed by atoms with Crippen LogP contribution < -0.4 is 0 Å². The number of pyridine rings is 1. The van der Waals surface area contributed by atoms with Crippen LogP contribution in [0, 0.1) is 13.8 Å². The third-order valence-corrected chi connectivity index (χ3v) is 4.61. The van der Waals surface area contributed by atoms with Gasteiger partial charge in [0.1, 0.15) is 0 Å². The van der Waals surface area contributed by atoms with Crippen LogP contribution in [0.5, 0.6) is 0 Å². The topological polar surface area (TPSA) is 61.4 Å². The zero-order valence-electron chi connectivity index (χ0n) is 15.8. The van der Waals surface area contributed by atoms with Crippen LogP contribution in [0.4, 0.5) is 0 Å². The maximum absolute atomic E-state index is 4.76. The normalized spacial score (nSPS) is 11.1. The number of aryl methyl sites for hydroxylation is 2. The van der Waals surface area contributed by atoms with E-state index in [1.807, 2.05) is 33.8 Å². The Bertz CT molecular complexity index is 1060. The maximum Gasteiger partial charge on any atom is 0.162 e. The fourth-order valence-electron chi connectivity index (χ4n) is 3.16. The quantitative estimate of drug-likeness (QED) is 0.545. The Hall–Kier alpha value is -3.28. The Morgan fingerprint density at radius 3 is 2.59 bits per heavy atom. The second-order valence-corrected chi connectivity index (χ2v) is 6.61. The van der Waals surface area contributed by atoms with Crippen LogP contribution in [0.1, 0.15) is 29.6 Å². The first-order valence-electron chi connectivity index (χ1n) is 9.10. The molecule has 3 heterocycles. The summed E-state index contributed by atoms with van der Waals surface area (Å²) in [4.78, 5) is 8.85. The van der Waals surface area contributed by atoms with Crippen molar-refractivity contribution < 1.29 is 0 Å². The molecule has 0 aliphatic carbocycles. The summed E-state index contributed by atoms with van der Waals surface area (Å²) in [6.07, 6.45) is 6.27. The van der Waals surface area contributed by atoms with Crippen molar-refractivity contribution in [2.75, 3.05) is 0 Å². The summed E-state index contributed by atoms with van der Waals surface area (Å²) in [5.41, 5.74) is 5.44. The molecule has 0 unspecified atom stereocenters. The summed E-state index contributed by atoms with van der Waals surface area (Å²) in [5.74, 6) is 1.68. The van der Waals surface area contributed by atoms with Crippen molar-refractivity contribution in [1.29, 1.82) is 0 Å². The minimum atomic E-state index is 0.653. The van der Waals surface area contributed by atoms with E-state index in [4.69, 9.17) is 4.98 Å². The third-order valence-electron chi connectivity index (χ3n) is 4.61. The van der Waals surface area contributed by atoms with Gasteiger partial charge >= 0.3 is 0 Å². The number of rotatable bonds is 5. The lowest BCUT2D eigenvalue weighted by Gasteiger charge is -2.08. The van der Waals surface area contributed by atoms with E-state index >= 15 is 0 Å². The van der Waals surface area contributed by atoms with Crippen molar-refractivity contribution >= 4 is 0 Å². The number of nitrogens with zero attached hydrogens (tertiary/aromatic N) is 6. The Morgan fingerprint density at radius 2 is 1.85 bits per heavy atom. The smallest absolute Gasteiger partial charge is 0.162 e. The lowest BCUT2D eigenvalue weighted by Crippen LogP contribution is -2.05. The summed E-state index contributed by atoms with van der Waals surface area (Å²) < 4.78 is 3.91. The van der Waals surface area contributed by atoms with Crippen LogP contribution in [0.15, 0.2) is 55.0 Å². The van der Waals surface area contributed by atoms with Gasteiger partial charge in [0.15, 0.2) is 11.6 Å². The van der Waals surface area contributed by atoms with Crippen molar-refractivity contribution in [3.63, 3.8) is 0 Å². The standard InChI is InChI=1S/C21H22N6/c1-4-20-24-21(26(25-20)14-17-8-10-22-11-9-17)19-13-23-27(16(19)3)18-7-5-6-15(2)12-18/h5-13H,4,14H2,1-3H3. The third kappa shape index (κ3) is 3.38. The Labute approximate surface area is 158 Å². The van der Waals surface area contributed by atoms with Gasteiger partial charge in [0.25, 0.3) is 0 Å². The monoisotopic (exact) mass is 358 g/mol. The molecule has 0 radical (unpaired) electrons. The molecule has 0 atom stereocenters. The molecule has 0 spiro atoms. The van der Waals surface area contributed by atoms with E-state index < -0.39 is 0 Å². The summed E-state index contributed by atoms with van der Waals surface area (Å²) in [6.45, 7) is 6.88. The highest BCUT2D eigenvalue weighted by Gasteiger charge is 2.17. The van der Waals surface area contributed by atoms with E-state index in [1.54, 1.807) is 12.4 Å². The Balaban J connectivity index is 1.76. The summed E-state index contributed by atoms with van der Waals surface area (Å²) in [7, 11) is 0. The Morgan fingerprint density at radius 1 is 1.04 bits per heavy atom. The highest BCUT2D eigenvalue weighted by Crippen LogP contribution is 2.25. The first kappa shape index (κ1) is 17.1. The van der Waals surface area contributed by atoms with Gasteiger partial charge in [0.2, 0.25) is 0 Å². The molecular formula is C21H22N6. The van der Waals surface area contributed by atoms with Gasteiger partial charge in [-0.1, -0.05) is 19.1 Å². The molecule has 4 rings (SSSR count). The molecule has 0 fully saturated rings. The fraction of sp³-hybridized carbons (Fsp3) is 0.238. The molecule has 0 amide bonds. The van der Waals surface area contributed by atoms with E-state index in [0.717, 1.165) is 40.6 Å². The summed E-state index contributed by atoms with van der Waals surface area (Å²) in [5, 5.41) is 9.30. The van der Waals surface area contributed by atoms with Crippen LogP contribution >= 0.6 is 0 Å². The second kappa shape index (κ2) is 7.15. The van der Waals surface area contributed by atoms with E-state index in [-0.39, 0.29) is 0 Å². The van der Waals surface area contributed by atoms with Crippen molar-refractivity contribution in [1.82, 2.24) is 29.5 Å². The van der Waals surface area contributed by atoms with Crippen LogP contribution in [0.3, 0.4) is 0 Å².